The zero-order chi connectivity index (χ0) is 19.2. The number of nitrogens with zero attached hydrogens (tertiary/aromatic N) is 2. The van der Waals surface area contributed by atoms with Crippen LogP contribution in [0.5, 0.6) is 0 Å². The van der Waals surface area contributed by atoms with Crippen LogP contribution in [0.3, 0.4) is 0 Å². The van der Waals surface area contributed by atoms with Gasteiger partial charge in [-0.25, -0.2) is 0 Å². The van der Waals surface area contributed by atoms with Crippen molar-refractivity contribution in [3.63, 3.8) is 0 Å². The molecule has 1 N–H and O–H groups in total. The molecule has 1 fully saturated rings. The van der Waals surface area contributed by atoms with Gasteiger partial charge in [0.05, 0.1) is 22.3 Å². The average Bonchev–Trinajstić information content (AvgIpc) is 2.86. The SMILES string of the molecule is O=C(CN1CCCN(Cc2ccc(Cl)cc2)CC1)Nc1cccc(Cl)c1Cl. The van der Waals surface area contributed by atoms with E-state index in [1.54, 1.807) is 18.2 Å². The second kappa shape index (κ2) is 9.76. The van der Waals surface area contributed by atoms with Gasteiger partial charge in [0.25, 0.3) is 0 Å². The van der Waals surface area contributed by atoms with Gasteiger partial charge in [-0.3, -0.25) is 14.6 Å². The molecule has 2 aromatic carbocycles. The molecule has 3 rings (SSSR count). The van der Waals surface area contributed by atoms with E-state index in [4.69, 9.17) is 34.8 Å². The first-order chi connectivity index (χ1) is 13.0. The van der Waals surface area contributed by atoms with Crippen molar-refractivity contribution in [2.75, 3.05) is 38.0 Å². The Bertz CT molecular complexity index is 783. The first kappa shape index (κ1) is 20.4. The number of carbonyl (C=O) groups is 1. The molecule has 0 atom stereocenters. The molecule has 2 aromatic rings. The van der Waals surface area contributed by atoms with Crippen molar-refractivity contribution < 1.29 is 4.79 Å². The average molecular weight is 427 g/mol. The lowest BCUT2D eigenvalue weighted by Gasteiger charge is -2.21. The summed E-state index contributed by atoms with van der Waals surface area (Å²) in [5, 5.41) is 4.41. The van der Waals surface area contributed by atoms with Crippen molar-refractivity contribution in [3.05, 3.63) is 63.1 Å². The Balaban J connectivity index is 1.49. The molecule has 1 amide bonds. The number of halogens is 3. The third kappa shape index (κ3) is 6.09. The van der Waals surface area contributed by atoms with Crippen LogP contribution < -0.4 is 5.32 Å². The van der Waals surface area contributed by atoms with Gasteiger partial charge < -0.3 is 5.32 Å². The van der Waals surface area contributed by atoms with Crippen LogP contribution in [0.15, 0.2) is 42.5 Å². The van der Waals surface area contributed by atoms with Crippen molar-refractivity contribution in [3.8, 4) is 0 Å². The molecule has 27 heavy (non-hydrogen) atoms. The number of amides is 1. The summed E-state index contributed by atoms with van der Waals surface area (Å²) in [7, 11) is 0. The smallest absolute Gasteiger partial charge is 0.238 e. The fourth-order valence-corrected chi connectivity index (χ4v) is 3.66. The molecule has 0 aromatic heterocycles. The number of hydrogen-bond acceptors (Lipinski definition) is 3. The Kier molecular flexibility index (Phi) is 7.39. The van der Waals surface area contributed by atoms with Gasteiger partial charge in [0.2, 0.25) is 5.91 Å². The molecule has 0 saturated carbocycles. The maximum absolute atomic E-state index is 12.4. The summed E-state index contributed by atoms with van der Waals surface area (Å²) in [6, 6.07) is 13.2. The topological polar surface area (TPSA) is 35.6 Å². The molecule has 1 saturated heterocycles. The van der Waals surface area contributed by atoms with Gasteiger partial charge in [0.15, 0.2) is 0 Å². The Labute approximate surface area is 175 Å². The van der Waals surface area contributed by atoms with Crippen LogP contribution in [-0.4, -0.2) is 48.4 Å². The molecule has 7 heteroatoms. The lowest BCUT2D eigenvalue weighted by molar-refractivity contribution is -0.117. The normalized spacial score (nSPS) is 16.1. The highest BCUT2D eigenvalue weighted by Crippen LogP contribution is 2.29. The minimum atomic E-state index is -0.0784. The molecule has 0 unspecified atom stereocenters. The molecule has 0 radical (unpaired) electrons. The van der Waals surface area contributed by atoms with Gasteiger partial charge in [-0.05, 0) is 49.3 Å². The third-order valence-electron chi connectivity index (χ3n) is 4.59. The van der Waals surface area contributed by atoms with Crippen molar-refractivity contribution in [1.82, 2.24) is 9.80 Å². The van der Waals surface area contributed by atoms with E-state index in [1.807, 2.05) is 12.1 Å². The first-order valence-corrected chi connectivity index (χ1v) is 10.1. The number of nitrogens with one attached hydrogen (secondary N) is 1. The van der Waals surface area contributed by atoms with Crippen LogP contribution in [0.2, 0.25) is 15.1 Å². The van der Waals surface area contributed by atoms with Crippen LogP contribution in [0.25, 0.3) is 0 Å². The van der Waals surface area contributed by atoms with E-state index >= 15 is 0 Å². The number of hydrogen-bond donors (Lipinski definition) is 1. The monoisotopic (exact) mass is 425 g/mol. The van der Waals surface area contributed by atoms with Gasteiger partial charge >= 0.3 is 0 Å². The summed E-state index contributed by atoms with van der Waals surface area (Å²) in [6.45, 7) is 4.93. The second-order valence-corrected chi connectivity index (χ2v) is 7.90. The molecule has 144 valence electrons. The Morgan fingerprint density at radius 3 is 2.41 bits per heavy atom. The summed E-state index contributed by atoms with van der Waals surface area (Å²) < 4.78 is 0. The van der Waals surface area contributed by atoms with Crippen LogP contribution in [0, 0.1) is 0 Å². The molecule has 0 bridgehead atoms. The fourth-order valence-electron chi connectivity index (χ4n) is 3.18. The molecule has 0 aliphatic carbocycles. The van der Waals surface area contributed by atoms with E-state index in [0.29, 0.717) is 22.3 Å². The van der Waals surface area contributed by atoms with Crippen LogP contribution >= 0.6 is 34.8 Å². The van der Waals surface area contributed by atoms with Gasteiger partial charge in [0, 0.05) is 24.7 Å². The molecular formula is C20H22Cl3N3O. The fraction of sp³-hybridized carbons (Fsp3) is 0.350. The van der Waals surface area contributed by atoms with Gasteiger partial charge in [0.1, 0.15) is 0 Å². The van der Waals surface area contributed by atoms with E-state index in [9.17, 15) is 4.79 Å². The van der Waals surface area contributed by atoms with Crippen molar-refractivity contribution in [1.29, 1.82) is 0 Å². The lowest BCUT2D eigenvalue weighted by Crippen LogP contribution is -2.36. The Morgan fingerprint density at radius 2 is 1.63 bits per heavy atom. The zero-order valence-electron chi connectivity index (χ0n) is 14.9. The number of anilines is 1. The van der Waals surface area contributed by atoms with Crippen molar-refractivity contribution in [2.45, 2.75) is 13.0 Å². The van der Waals surface area contributed by atoms with Gasteiger partial charge in [-0.1, -0.05) is 53.0 Å². The third-order valence-corrected chi connectivity index (χ3v) is 5.66. The van der Waals surface area contributed by atoms with Gasteiger partial charge in [-0.2, -0.15) is 0 Å². The lowest BCUT2D eigenvalue weighted by atomic mass is 10.2. The van der Waals surface area contributed by atoms with E-state index < -0.39 is 0 Å². The molecule has 0 spiro atoms. The van der Waals surface area contributed by atoms with Crippen LogP contribution in [0.1, 0.15) is 12.0 Å². The molecule has 1 aliphatic rings. The molecule has 4 nitrogen and oxygen atoms in total. The Morgan fingerprint density at radius 1 is 0.926 bits per heavy atom. The summed E-state index contributed by atoms with van der Waals surface area (Å²) in [4.78, 5) is 17.0. The summed E-state index contributed by atoms with van der Waals surface area (Å²) in [5.41, 5.74) is 1.80. The van der Waals surface area contributed by atoms with Crippen LogP contribution in [0.4, 0.5) is 5.69 Å². The highest BCUT2D eigenvalue weighted by atomic mass is 35.5. The summed E-state index contributed by atoms with van der Waals surface area (Å²) in [6.07, 6.45) is 1.03. The minimum absolute atomic E-state index is 0.0784. The van der Waals surface area contributed by atoms with Crippen molar-refractivity contribution in [2.24, 2.45) is 0 Å². The largest absolute Gasteiger partial charge is 0.324 e. The second-order valence-electron chi connectivity index (χ2n) is 6.68. The standard InChI is InChI=1S/C20H22Cl3N3O/c21-16-7-5-15(6-8-16)13-25-9-2-10-26(12-11-25)14-19(27)24-18-4-1-3-17(22)20(18)23/h1,3-8H,2,9-14H2,(H,24,27). The minimum Gasteiger partial charge on any atom is -0.324 e. The summed E-state index contributed by atoms with van der Waals surface area (Å²) in [5.74, 6) is -0.0784. The highest BCUT2D eigenvalue weighted by Gasteiger charge is 2.18. The Hall–Kier alpha value is -1.30. The zero-order valence-corrected chi connectivity index (χ0v) is 17.2. The maximum atomic E-state index is 12.4. The van der Waals surface area contributed by atoms with E-state index in [-0.39, 0.29) is 5.91 Å². The predicted molar refractivity (Wildman–Crippen MR) is 113 cm³/mol. The van der Waals surface area contributed by atoms with Gasteiger partial charge in [-0.15, -0.1) is 0 Å². The van der Waals surface area contributed by atoms with E-state index in [1.165, 1.54) is 5.56 Å². The number of benzene rings is 2. The van der Waals surface area contributed by atoms with Crippen molar-refractivity contribution >= 4 is 46.4 Å². The molecule has 1 heterocycles. The van der Waals surface area contributed by atoms with E-state index in [2.05, 4.69) is 27.2 Å². The van der Waals surface area contributed by atoms with E-state index in [0.717, 1.165) is 44.2 Å². The van der Waals surface area contributed by atoms with Crippen LogP contribution in [-0.2, 0) is 11.3 Å². The predicted octanol–water partition coefficient (Wildman–Crippen LogP) is 4.79. The molecular weight excluding hydrogens is 405 g/mol. The number of rotatable bonds is 5. The highest BCUT2D eigenvalue weighted by molar-refractivity contribution is 6.44. The summed E-state index contributed by atoms with van der Waals surface area (Å²) >= 11 is 18.1. The quantitative estimate of drug-likeness (QED) is 0.746. The first-order valence-electron chi connectivity index (χ1n) is 8.94. The number of carbonyl (C=O) groups excluding carboxylic acids is 1. The molecule has 1 aliphatic heterocycles. The maximum Gasteiger partial charge on any atom is 0.238 e.